The Hall–Kier alpha value is -0.900. The number of nitrogens with two attached hydrogens (primary N) is 1. The maximum absolute atomic E-state index is 11.7. The number of Topliss-reactive ketones (excluding diaryl/α,β-unsaturated/α-hetero) is 1. The maximum Gasteiger partial charge on any atom is 0.323 e. The molecule has 0 bridgehead atoms. The van der Waals surface area contributed by atoms with Crippen LogP contribution in [0, 0.1) is 0 Å². The van der Waals surface area contributed by atoms with E-state index >= 15 is 0 Å². The molecule has 0 fully saturated rings. The minimum Gasteiger partial charge on any atom is -0.459 e. The summed E-state index contributed by atoms with van der Waals surface area (Å²) in [6.45, 7) is 7.64. The number of esters is 1. The summed E-state index contributed by atoms with van der Waals surface area (Å²) in [4.78, 5) is 23.4. The van der Waals surface area contributed by atoms with Gasteiger partial charge in [0.05, 0.1) is 0 Å². The number of ether oxygens (including phenoxy) is 1. The van der Waals surface area contributed by atoms with Gasteiger partial charge in [0.1, 0.15) is 17.4 Å². The molecular formula is C17H33NO3. The van der Waals surface area contributed by atoms with E-state index in [1.54, 1.807) is 0 Å². The van der Waals surface area contributed by atoms with Crippen molar-refractivity contribution in [2.75, 3.05) is 0 Å². The van der Waals surface area contributed by atoms with Crippen LogP contribution in [0.25, 0.3) is 0 Å². The zero-order valence-corrected chi connectivity index (χ0v) is 14.2. The lowest BCUT2D eigenvalue weighted by molar-refractivity contribution is -0.156. The van der Waals surface area contributed by atoms with Crippen LogP contribution in [-0.2, 0) is 14.3 Å². The normalized spacial score (nSPS) is 13.0. The zero-order valence-electron chi connectivity index (χ0n) is 14.2. The summed E-state index contributed by atoms with van der Waals surface area (Å²) in [5.74, 6) is -0.0996. The highest BCUT2D eigenvalue weighted by atomic mass is 16.6. The molecule has 0 saturated carbocycles. The van der Waals surface area contributed by atoms with Gasteiger partial charge in [-0.25, -0.2) is 0 Å². The standard InChI is InChI=1S/C17H33NO3/c1-5-6-7-8-9-11-14(19)12-10-13-15(18)16(20)21-17(2,3)4/h15H,5-13,18H2,1-4H3. The first-order chi connectivity index (χ1) is 9.76. The fraction of sp³-hybridized carbons (Fsp3) is 0.882. The molecule has 0 aromatic heterocycles. The van der Waals surface area contributed by atoms with Gasteiger partial charge in [-0.1, -0.05) is 32.6 Å². The van der Waals surface area contributed by atoms with Crippen LogP contribution >= 0.6 is 0 Å². The number of carbonyl (C=O) groups excluding carboxylic acids is 2. The van der Waals surface area contributed by atoms with Crippen LogP contribution in [-0.4, -0.2) is 23.4 Å². The number of hydrogen-bond acceptors (Lipinski definition) is 4. The average Bonchev–Trinajstić information content (AvgIpc) is 2.36. The first-order valence-corrected chi connectivity index (χ1v) is 8.26. The van der Waals surface area contributed by atoms with Gasteiger partial charge in [0, 0.05) is 12.8 Å². The molecule has 0 amide bonds. The quantitative estimate of drug-likeness (QED) is 0.466. The molecule has 0 heterocycles. The van der Waals surface area contributed by atoms with Crippen molar-refractivity contribution < 1.29 is 14.3 Å². The highest BCUT2D eigenvalue weighted by molar-refractivity contribution is 5.78. The second-order valence-electron chi connectivity index (χ2n) is 6.74. The number of rotatable bonds is 11. The summed E-state index contributed by atoms with van der Waals surface area (Å²) in [5.41, 5.74) is 5.27. The van der Waals surface area contributed by atoms with E-state index in [0.717, 1.165) is 12.8 Å². The molecule has 0 aliphatic rings. The Bertz CT molecular complexity index is 308. The SMILES string of the molecule is CCCCCCCC(=O)CCCC(N)C(=O)OC(C)(C)C. The van der Waals surface area contributed by atoms with Gasteiger partial charge in [0.15, 0.2) is 0 Å². The number of unbranched alkanes of at least 4 members (excludes halogenated alkanes) is 4. The fourth-order valence-electron chi connectivity index (χ4n) is 2.07. The van der Waals surface area contributed by atoms with Crippen LogP contribution in [0.2, 0.25) is 0 Å². The van der Waals surface area contributed by atoms with Crippen LogP contribution < -0.4 is 5.73 Å². The second-order valence-corrected chi connectivity index (χ2v) is 6.74. The van der Waals surface area contributed by atoms with Crippen molar-refractivity contribution in [3.8, 4) is 0 Å². The van der Waals surface area contributed by atoms with Crippen molar-refractivity contribution in [3.63, 3.8) is 0 Å². The Kier molecular flexibility index (Phi) is 10.3. The molecule has 0 aromatic rings. The van der Waals surface area contributed by atoms with E-state index in [1.165, 1.54) is 19.3 Å². The number of carbonyl (C=O) groups is 2. The molecule has 1 atom stereocenters. The van der Waals surface area contributed by atoms with Crippen molar-refractivity contribution in [3.05, 3.63) is 0 Å². The van der Waals surface area contributed by atoms with Crippen LogP contribution in [0.5, 0.6) is 0 Å². The molecule has 0 spiro atoms. The third kappa shape index (κ3) is 12.5. The summed E-state index contributed by atoms with van der Waals surface area (Å²) in [6, 6.07) is -0.624. The summed E-state index contributed by atoms with van der Waals surface area (Å²) in [7, 11) is 0. The molecule has 0 aliphatic carbocycles. The molecule has 0 aliphatic heterocycles. The largest absolute Gasteiger partial charge is 0.459 e. The molecule has 1 unspecified atom stereocenters. The second kappa shape index (κ2) is 10.8. The zero-order chi connectivity index (χ0) is 16.3. The number of ketones is 1. The van der Waals surface area contributed by atoms with E-state index < -0.39 is 11.6 Å². The number of hydrogen-bond donors (Lipinski definition) is 1. The van der Waals surface area contributed by atoms with Gasteiger partial charge in [-0.3, -0.25) is 9.59 Å². The summed E-state index contributed by atoms with van der Waals surface area (Å²) >= 11 is 0. The first-order valence-electron chi connectivity index (χ1n) is 8.26. The highest BCUT2D eigenvalue weighted by Gasteiger charge is 2.21. The fourth-order valence-corrected chi connectivity index (χ4v) is 2.07. The van der Waals surface area contributed by atoms with Crippen LogP contribution in [0.15, 0.2) is 0 Å². The van der Waals surface area contributed by atoms with Crippen molar-refractivity contribution >= 4 is 11.8 Å². The van der Waals surface area contributed by atoms with Gasteiger partial charge in [-0.05, 0) is 40.0 Å². The molecule has 0 saturated heterocycles. The summed E-state index contributed by atoms with van der Waals surface area (Å²) in [5, 5.41) is 0. The minimum atomic E-state index is -0.624. The lowest BCUT2D eigenvalue weighted by Gasteiger charge is -2.22. The van der Waals surface area contributed by atoms with E-state index in [1.807, 2.05) is 20.8 Å². The van der Waals surface area contributed by atoms with Crippen molar-refractivity contribution in [1.82, 2.24) is 0 Å². The smallest absolute Gasteiger partial charge is 0.323 e. The van der Waals surface area contributed by atoms with Gasteiger partial charge < -0.3 is 10.5 Å². The average molecular weight is 299 g/mol. The first kappa shape index (κ1) is 20.1. The molecule has 21 heavy (non-hydrogen) atoms. The van der Waals surface area contributed by atoms with Crippen LogP contribution in [0.4, 0.5) is 0 Å². The van der Waals surface area contributed by atoms with E-state index in [2.05, 4.69) is 6.92 Å². The molecule has 0 radical (unpaired) electrons. The van der Waals surface area contributed by atoms with Crippen molar-refractivity contribution in [1.29, 1.82) is 0 Å². The molecule has 0 aromatic carbocycles. The molecule has 4 nitrogen and oxygen atoms in total. The third-order valence-corrected chi connectivity index (χ3v) is 3.24. The van der Waals surface area contributed by atoms with Gasteiger partial charge >= 0.3 is 5.97 Å². The van der Waals surface area contributed by atoms with Crippen LogP contribution in [0.3, 0.4) is 0 Å². The van der Waals surface area contributed by atoms with Gasteiger partial charge in [-0.15, -0.1) is 0 Å². The van der Waals surface area contributed by atoms with Crippen LogP contribution in [0.1, 0.15) is 85.5 Å². The summed E-state index contributed by atoms with van der Waals surface area (Å²) < 4.78 is 5.21. The van der Waals surface area contributed by atoms with Crippen molar-refractivity contribution in [2.45, 2.75) is 97.1 Å². The monoisotopic (exact) mass is 299 g/mol. The maximum atomic E-state index is 11.7. The summed E-state index contributed by atoms with van der Waals surface area (Å²) in [6.07, 6.45) is 8.15. The molecule has 2 N–H and O–H groups in total. The lowest BCUT2D eigenvalue weighted by atomic mass is 10.0. The van der Waals surface area contributed by atoms with E-state index in [9.17, 15) is 9.59 Å². The molecular weight excluding hydrogens is 266 g/mol. The predicted molar refractivity (Wildman–Crippen MR) is 86.1 cm³/mol. The Morgan fingerprint density at radius 1 is 1.00 bits per heavy atom. The third-order valence-electron chi connectivity index (χ3n) is 3.24. The topological polar surface area (TPSA) is 69.4 Å². The van der Waals surface area contributed by atoms with Gasteiger partial charge in [0.25, 0.3) is 0 Å². The molecule has 4 heteroatoms. The minimum absolute atomic E-state index is 0.280. The predicted octanol–water partition coefficient (Wildman–Crippen LogP) is 3.76. The molecule has 0 rings (SSSR count). The van der Waals surface area contributed by atoms with Gasteiger partial charge in [-0.2, -0.15) is 0 Å². The lowest BCUT2D eigenvalue weighted by Crippen LogP contribution is -2.37. The Balaban J connectivity index is 3.68. The Morgan fingerprint density at radius 3 is 2.14 bits per heavy atom. The Labute approximate surface area is 129 Å². The Morgan fingerprint density at radius 2 is 1.57 bits per heavy atom. The van der Waals surface area contributed by atoms with Gasteiger partial charge in [0.2, 0.25) is 0 Å². The van der Waals surface area contributed by atoms with Crippen molar-refractivity contribution in [2.24, 2.45) is 5.73 Å². The van der Waals surface area contributed by atoms with E-state index in [-0.39, 0.29) is 11.8 Å². The highest BCUT2D eigenvalue weighted by Crippen LogP contribution is 2.12. The molecule has 124 valence electrons. The van der Waals surface area contributed by atoms with E-state index in [0.29, 0.717) is 25.7 Å². The van der Waals surface area contributed by atoms with E-state index in [4.69, 9.17) is 10.5 Å².